The van der Waals surface area contributed by atoms with E-state index in [4.69, 9.17) is 9.47 Å². The molecule has 1 unspecified atom stereocenters. The number of unbranched alkanes of at least 4 members (excludes halogenated alkanes) is 13. The van der Waals surface area contributed by atoms with Gasteiger partial charge in [0.2, 0.25) is 0 Å². The molecular weight excluding hydrogens is 368 g/mol. The second-order valence-electron chi connectivity index (χ2n) is 9.34. The molecule has 1 aliphatic rings. The number of allylic oxidation sites excluding steroid dienone is 2. The number of ether oxygens (including phenoxy) is 2. The lowest BCUT2D eigenvalue weighted by Gasteiger charge is -2.12. The fourth-order valence-electron chi connectivity index (χ4n) is 3.86. The molecule has 1 fully saturated rings. The Labute approximate surface area is 186 Å². The van der Waals surface area contributed by atoms with Crippen molar-refractivity contribution in [3.63, 3.8) is 0 Å². The number of hydrogen-bond donors (Lipinski definition) is 0. The lowest BCUT2D eigenvalue weighted by molar-refractivity contribution is 0.201. The van der Waals surface area contributed by atoms with Gasteiger partial charge in [-0.1, -0.05) is 114 Å². The Kier molecular flexibility index (Phi) is 12.9. The number of para-hydroxylation sites is 1. The molecule has 1 aromatic carbocycles. The minimum atomic E-state index is -0.0583. The summed E-state index contributed by atoms with van der Waals surface area (Å²) < 4.78 is 11.4. The Morgan fingerprint density at radius 2 is 1.40 bits per heavy atom. The van der Waals surface area contributed by atoms with Crippen LogP contribution in [0.3, 0.4) is 0 Å². The fraction of sp³-hybridized carbons (Fsp3) is 0.714. The van der Waals surface area contributed by atoms with E-state index in [1.807, 2.05) is 6.07 Å². The quantitative estimate of drug-likeness (QED) is 0.129. The second kappa shape index (κ2) is 15.5. The highest BCUT2D eigenvalue weighted by atomic mass is 16.6. The maximum absolute atomic E-state index is 5.98. The predicted octanol–water partition coefficient (Wildman–Crippen LogP) is 8.43. The average molecular weight is 415 g/mol. The van der Waals surface area contributed by atoms with Gasteiger partial charge in [-0.15, -0.1) is 0 Å². The molecule has 2 rings (SSSR count). The van der Waals surface area contributed by atoms with Crippen molar-refractivity contribution in [1.29, 1.82) is 0 Å². The van der Waals surface area contributed by atoms with Crippen molar-refractivity contribution in [2.75, 3.05) is 13.2 Å². The first-order valence-electron chi connectivity index (χ1n) is 12.7. The lowest BCUT2D eigenvalue weighted by Crippen LogP contribution is -2.17. The van der Waals surface area contributed by atoms with Crippen LogP contribution in [-0.2, 0) is 11.2 Å². The highest BCUT2D eigenvalue weighted by Crippen LogP contribution is 2.28. The first kappa shape index (κ1) is 25.0. The van der Waals surface area contributed by atoms with E-state index in [1.165, 1.54) is 95.5 Å². The van der Waals surface area contributed by atoms with Gasteiger partial charge in [0.25, 0.3) is 0 Å². The van der Waals surface area contributed by atoms with Gasteiger partial charge >= 0.3 is 0 Å². The summed E-state index contributed by atoms with van der Waals surface area (Å²) in [5.41, 5.74) is 1.21. The molecule has 0 N–H and O–H groups in total. The molecule has 1 saturated heterocycles. The normalized spacial score (nSPS) is 18.2. The van der Waals surface area contributed by atoms with E-state index in [9.17, 15) is 0 Å². The average Bonchev–Trinajstić information content (AvgIpc) is 3.50. The number of rotatable bonds is 19. The summed E-state index contributed by atoms with van der Waals surface area (Å²) in [6.45, 7) is 5.85. The monoisotopic (exact) mass is 414 g/mol. The first-order valence-corrected chi connectivity index (χ1v) is 12.7. The zero-order valence-corrected chi connectivity index (χ0v) is 19.8. The van der Waals surface area contributed by atoms with Gasteiger partial charge in [0, 0.05) is 0 Å². The Bertz CT molecular complexity index is 574. The third-order valence-electron chi connectivity index (χ3n) is 6.12. The molecule has 1 heterocycles. The van der Waals surface area contributed by atoms with Gasteiger partial charge in [-0.2, -0.15) is 0 Å². The third kappa shape index (κ3) is 11.8. The first-order chi connectivity index (χ1) is 14.7. The van der Waals surface area contributed by atoms with Gasteiger partial charge in [0.1, 0.15) is 18.0 Å². The second-order valence-corrected chi connectivity index (χ2v) is 9.34. The van der Waals surface area contributed by atoms with Gasteiger partial charge in [0.15, 0.2) is 0 Å². The molecule has 0 aromatic heterocycles. The zero-order chi connectivity index (χ0) is 21.3. The Morgan fingerprint density at radius 1 is 0.833 bits per heavy atom. The number of epoxide rings is 1. The fourth-order valence-corrected chi connectivity index (χ4v) is 3.86. The Balaban J connectivity index is 1.41. The third-order valence-corrected chi connectivity index (χ3v) is 6.12. The van der Waals surface area contributed by atoms with Gasteiger partial charge < -0.3 is 9.47 Å². The number of hydrogen-bond acceptors (Lipinski definition) is 2. The predicted molar refractivity (Wildman–Crippen MR) is 129 cm³/mol. The highest BCUT2D eigenvalue weighted by molar-refractivity contribution is 5.35. The molecule has 170 valence electrons. The minimum absolute atomic E-state index is 0.0583. The summed E-state index contributed by atoms with van der Waals surface area (Å²) in [7, 11) is 0. The molecule has 0 amide bonds. The van der Waals surface area contributed by atoms with Gasteiger partial charge in [-0.3, -0.25) is 0 Å². The van der Waals surface area contributed by atoms with E-state index in [0.29, 0.717) is 6.61 Å². The van der Waals surface area contributed by atoms with Crippen LogP contribution >= 0.6 is 0 Å². The van der Waals surface area contributed by atoms with E-state index in [2.05, 4.69) is 44.2 Å². The summed E-state index contributed by atoms with van der Waals surface area (Å²) in [6.07, 6.45) is 25.2. The molecule has 0 saturated carbocycles. The molecule has 0 bridgehead atoms. The van der Waals surface area contributed by atoms with Crippen LogP contribution in [0.1, 0.15) is 109 Å². The molecule has 1 aromatic rings. The van der Waals surface area contributed by atoms with Gasteiger partial charge in [-0.25, -0.2) is 0 Å². The lowest BCUT2D eigenvalue weighted by atomic mass is 10.0. The van der Waals surface area contributed by atoms with Crippen molar-refractivity contribution in [3.05, 3.63) is 42.0 Å². The van der Waals surface area contributed by atoms with Crippen LogP contribution in [0, 0.1) is 0 Å². The van der Waals surface area contributed by atoms with Crippen molar-refractivity contribution in [2.45, 2.75) is 116 Å². The van der Waals surface area contributed by atoms with E-state index in [-0.39, 0.29) is 5.60 Å². The Hall–Kier alpha value is -1.28. The summed E-state index contributed by atoms with van der Waals surface area (Å²) in [5, 5.41) is 0. The zero-order valence-electron chi connectivity index (χ0n) is 19.8. The molecule has 30 heavy (non-hydrogen) atoms. The molecular formula is C28H46O2. The molecule has 2 nitrogen and oxygen atoms in total. The van der Waals surface area contributed by atoms with Crippen LogP contribution in [0.25, 0.3) is 0 Å². The smallest absolute Gasteiger partial charge is 0.123 e. The van der Waals surface area contributed by atoms with Crippen molar-refractivity contribution in [3.8, 4) is 5.75 Å². The van der Waals surface area contributed by atoms with Crippen molar-refractivity contribution >= 4 is 0 Å². The standard InChI is InChI=1S/C28H46O2/c1-3-4-5-6-7-8-9-10-11-12-13-14-15-16-17-18-21-26-22-19-20-23-27(26)29-24-28(2)25-30-28/h17-20,22-23H,3-16,21,24-25H2,1-2H3/b18-17+. The number of benzene rings is 1. The molecule has 1 atom stereocenters. The maximum Gasteiger partial charge on any atom is 0.123 e. The van der Waals surface area contributed by atoms with Gasteiger partial charge in [-0.05, 0) is 37.8 Å². The van der Waals surface area contributed by atoms with Gasteiger partial charge in [0.05, 0.1) is 6.61 Å². The van der Waals surface area contributed by atoms with Crippen molar-refractivity contribution in [1.82, 2.24) is 0 Å². The van der Waals surface area contributed by atoms with Crippen LogP contribution in [0.2, 0.25) is 0 Å². The van der Waals surface area contributed by atoms with Crippen LogP contribution in [0.4, 0.5) is 0 Å². The van der Waals surface area contributed by atoms with E-state index < -0.39 is 0 Å². The van der Waals surface area contributed by atoms with E-state index in [0.717, 1.165) is 18.8 Å². The molecule has 0 spiro atoms. The SMILES string of the molecule is CCCCCCCCCCCCCCC/C=C/Cc1ccccc1OCC1(C)CO1. The molecule has 0 radical (unpaired) electrons. The largest absolute Gasteiger partial charge is 0.490 e. The van der Waals surface area contributed by atoms with Crippen molar-refractivity contribution in [2.24, 2.45) is 0 Å². The molecule has 1 aliphatic heterocycles. The molecule has 0 aliphatic carbocycles. The van der Waals surface area contributed by atoms with Crippen LogP contribution in [0.5, 0.6) is 5.75 Å². The maximum atomic E-state index is 5.98. The summed E-state index contributed by atoms with van der Waals surface area (Å²) in [6, 6.07) is 8.38. The highest BCUT2D eigenvalue weighted by Gasteiger charge is 2.40. The van der Waals surface area contributed by atoms with Crippen LogP contribution in [-0.4, -0.2) is 18.8 Å². The topological polar surface area (TPSA) is 21.8 Å². The van der Waals surface area contributed by atoms with Crippen molar-refractivity contribution < 1.29 is 9.47 Å². The minimum Gasteiger partial charge on any atom is -0.490 e. The van der Waals surface area contributed by atoms with Crippen LogP contribution < -0.4 is 4.74 Å². The summed E-state index contributed by atoms with van der Waals surface area (Å²) in [4.78, 5) is 0. The van der Waals surface area contributed by atoms with Crippen LogP contribution in [0.15, 0.2) is 36.4 Å². The summed E-state index contributed by atoms with van der Waals surface area (Å²) in [5.74, 6) is 1.000. The van der Waals surface area contributed by atoms with E-state index >= 15 is 0 Å². The summed E-state index contributed by atoms with van der Waals surface area (Å²) >= 11 is 0. The molecule has 2 heteroatoms. The Morgan fingerprint density at radius 3 is 2.00 bits per heavy atom. The van der Waals surface area contributed by atoms with E-state index in [1.54, 1.807) is 0 Å².